The quantitative estimate of drug-likeness (QED) is 0.340. The van der Waals surface area contributed by atoms with Crippen LogP contribution in [0.5, 0.6) is 5.75 Å². The first kappa shape index (κ1) is 13.3. The maximum Gasteiger partial charge on any atom is 0.232 e. The molecule has 0 unspecified atom stereocenters. The number of anilines is 1. The summed E-state index contributed by atoms with van der Waals surface area (Å²) in [6.07, 6.45) is -0.180. The van der Waals surface area contributed by atoms with Crippen molar-refractivity contribution >= 4 is 33.4 Å². The molecule has 0 atom stereocenters. The fourth-order valence-corrected chi connectivity index (χ4v) is 1.47. The van der Waals surface area contributed by atoms with E-state index in [4.69, 9.17) is 15.7 Å². The van der Waals surface area contributed by atoms with E-state index in [0.717, 1.165) is 0 Å². The van der Waals surface area contributed by atoms with Crippen molar-refractivity contribution in [2.75, 3.05) is 12.4 Å². The molecule has 0 saturated heterocycles. The van der Waals surface area contributed by atoms with Crippen molar-refractivity contribution in [3.8, 4) is 5.75 Å². The number of nitrogens with one attached hydrogen (secondary N) is 1. The molecule has 0 spiro atoms. The highest BCUT2D eigenvalue weighted by molar-refractivity contribution is 9.10. The van der Waals surface area contributed by atoms with Gasteiger partial charge in [-0.05, 0) is 28.1 Å². The average Bonchev–Trinajstić information content (AvgIpc) is 2.31. The SMILES string of the molecule is COc1ccc(Br)c(NC(=O)CC(N)=NO)c1. The summed E-state index contributed by atoms with van der Waals surface area (Å²) < 4.78 is 5.75. The third-order valence-electron chi connectivity index (χ3n) is 1.92. The number of benzene rings is 1. The van der Waals surface area contributed by atoms with E-state index in [0.29, 0.717) is 15.9 Å². The Morgan fingerprint density at radius 1 is 1.65 bits per heavy atom. The fraction of sp³-hybridized carbons (Fsp3) is 0.200. The molecule has 6 nitrogen and oxygen atoms in total. The molecule has 0 radical (unpaired) electrons. The van der Waals surface area contributed by atoms with Gasteiger partial charge in [0.05, 0.1) is 19.2 Å². The van der Waals surface area contributed by atoms with Crippen LogP contribution in [-0.2, 0) is 4.79 Å². The number of carbonyl (C=O) groups excluding carboxylic acids is 1. The predicted molar refractivity (Wildman–Crippen MR) is 67.3 cm³/mol. The molecule has 0 bridgehead atoms. The number of nitrogens with two attached hydrogens (primary N) is 1. The number of carbonyl (C=O) groups is 1. The van der Waals surface area contributed by atoms with Crippen LogP contribution in [-0.4, -0.2) is 24.1 Å². The maximum atomic E-state index is 11.5. The highest BCUT2D eigenvalue weighted by Crippen LogP contribution is 2.27. The van der Waals surface area contributed by atoms with E-state index < -0.39 is 0 Å². The van der Waals surface area contributed by atoms with E-state index in [9.17, 15) is 4.79 Å². The van der Waals surface area contributed by atoms with Crippen LogP contribution >= 0.6 is 15.9 Å². The lowest BCUT2D eigenvalue weighted by molar-refractivity contribution is -0.115. The summed E-state index contributed by atoms with van der Waals surface area (Å²) in [6.45, 7) is 0. The van der Waals surface area contributed by atoms with E-state index in [1.807, 2.05) is 0 Å². The van der Waals surface area contributed by atoms with E-state index in [2.05, 4.69) is 26.4 Å². The van der Waals surface area contributed by atoms with E-state index in [-0.39, 0.29) is 18.2 Å². The van der Waals surface area contributed by atoms with Gasteiger partial charge in [-0.15, -0.1) is 0 Å². The van der Waals surface area contributed by atoms with Crippen molar-refractivity contribution in [3.05, 3.63) is 22.7 Å². The standard InChI is InChI=1S/C10H12BrN3O3/c1-17-6-2-3-7(11)8(4-6)13-10(15)5-9(12)14-16/h2-4,16H,5H2,1H3,(H2,12,14)(H,13,15). The topological polar surface area (TPSA) is 96.9 Å². The Hall–Kier alpha value is -1.76. The summed E-state index contributed by atoms with van der Waals surface area (Å²) in [4.78, 5) is 11.5. The fourth-order valence-electron chi connectivity index (χ4n) is 1.12. The van der Waals surface area contributed by atoms with Gasteiger partial charge in [-0.2, -0.15) is 0 Å². The largest absolute Gasteiger partial charge is 0.497 e. The van der Waals surface area contributed by atoms with Crippen LogP contribution in [0.2, 0.25) is 0 Å². The lowest BCUT2D eigenvalue weighted by atomic mass is 10.3. The zero-order chi connectivity index (χ0) is 12.8. The average molecular weight is 302 g/mol. The van der Waals surface area contributed by atoms with Gasteiger partial charge in [-0.3, -0.25) is 4.79 Å². The number of halogens is 1. The Kier molecular flexibility index (Phi) is 4.77. The number of nitrogens with zero attached hydrogens (tertiary/aromatic N) is 1. The van der Waals surface area contributed by atoms with Crippen LogP contribution in [0.4, 0.5) is 5.69 Å². The lowest BCUT2D eigenvalue weighted by Crippen LogP contribution is -2.22. The van der Waals surface area contributed by atoms with Gasteiger partial charge in [-0.25, -0.2) is 0 Å². The number of ether oxygens (including phenoxy) is 1. The van der Waals surface area contributed by atoms with E-state index >= 15 is 0 Å². The minimum Gasteiger partial charge on any atom is -0.497 e. The van der Waals surface area contributed by atoms with Crippen LogP contribution in [0.3, 0.4) is 0 Å². The first-order chi connectivity index (χ1) is 8.06. The van der Waals surface area contributed by atoms with Gasteiger partial charge in [0.15, 0.2) is 0 Å². The van der Waals surface area contributed by atoms with Crippen molar-refractivity contribution in [1.29, 1.82) is 0 Å². The number of hydrogen-bond acceptors (Lipinski definition) is 4. The third kappa shape index (κ3) is 3.95. The number of rotatable bonds is 4. The highest BCUT2D eigenvalue weighted by Gasteiger charge is 2.08. The number of amidine groups is 1. The Labute approximate surface area is 107 Å². The van der Waals surface area contributed by atoms with Crippen LogP contribution in [0.1, 0.15) is 6.42 Å². The van der Waals surface area contributed by atoms with Gasteiger partial charge in [0.1, 0.15) is 11.6 Å². The second-order valence-electron chi connectivity index (χ2n) is 3.16. The molecule has 1 amide bonds. The normalized spacial score (nSPS) is 11.1. The zero-order valence-corrected chi connectivity index (χ0v) is 10.7. The molecule has 1 rings (SSSR count). The summed E-state index contributed by atoms with van der Waals surface area (Å²) in [5.41, 5.74) is 5.78. The van der Waals surface area contributed by atoms with Gasteiger partial charge in [0.25, 0.3) is 0 Å². The van der Waals surface area contributed by atoms with E-state index in [1.54, 1.807) is 18.2 Å². The molecule has 0 heterocycles. The Balaban J connectivity index is 2.77. The van der Waals surface area contributed by atoms with Crippen LogP contribution < -0.4 is 15.8 Å². The number of amides is 1. The van der Waals surface area contributed by atoms with Crippen LogP contribution in [0, 0.1) is 0 Å². The second-order valence-corrected chi connectivity index (χ2v) is 4.02. The molecule has 17 heavy (non-hydrogen) atoms. The monoisotopic (exact) mass is 301 g/mol. The first-order valence-corrected chi connectivity index (χ1v) is 5.46. The smallest absolute Gasteiger partial charge is 0.232 e. The highest BCUT2D eigenvalue weighted by atomic mass is 79.9. The minimum absolute atomic E-state index is 0.151. The number of oxime groups is 1. The molecule has 0 saturated carbocycles. The molecule has 0 aliphatic heterocycles. The van der Waals surface area contributed by atoms with Crippen LogP contribution in [0.25, 0.3) is 0 Å². The van der Waals surface area contributed by atoms with Gasteiger partial charge in [0.2, 0.25) is 5.91 Å². The molecule has 0 aliphatic rings. The van der Waals surface area contributed by atoms with Gasteiger partial charge >= 0.3 is 0 Å². The number of methoxy groups -OCH3 is 1. The summed E-state index contributed by atoms with van der Waals surface area (Å²) in [7, 11) is 1.53. The molecule has 4 N–H and O–H groups in total. The summed E-state index contributed by atoms with van der Waals surface area (Å²) in [6, 6.07) is 5.16. The second kappa shape index (κ2) is 6.09. The number of hydrogen-bond donors (Lipinski definition) is 3. The van der Waals surface area contributed by atoms with Crippen molar-refractivity contribution in [1.82, 2.24) is 0 Å². The molecular weight excluding hydrogens is 290 g/mol. The molecule has 0 aromatic heterocycles. The summed E-state index contributed by atoms with van der Waals surface area (Å²) in [5, 5.41) is 13.7. The third-order valence-corrected chi connectivity index (χ3v) is 2.61. The summed E-state index contributed by atoms with van der Waals surface area (Å²) in [5.74, 6) is 0.0862. The molecular formula is C10H12BrN3O3. The van der Waals surface area contributed by atoms with Crippen LogP contribution in [0.15, 0.2) is 27.8 Å². The van der Waals surface area contributed by atoms with Crippen molar-refractivity contribution in [2.24, 2.45) is 10.9 Å². The van der Waals surface area contributed by atoms with Crippen molar-refractivity contribution < 1.29 is 14.7 Å². The molecule has 1 aromatic rings. The van der Waals surface area contributed by atoms with Gasteiger partial charge < -0.3 is 21.0 Å². The Morgan fingerprint density at radius 3 is 2.94 bits per heavy atom. The van der Waals surface area contributed by atoms with Crippen molar-refractivity contribution in [2.45, 2.75) is 6.42 Å². The molecule has 7 heteroatoms. The van der Waals surface area contributed by atoms with Crippen molar-refractivity contribution in [3.63, 3.8) is 0 Å². The lowest BCUT2D eigenvalue weighted by Gasteiger charge is -2.08. The molecule has 0 fully saturated rings. The van der Waals surface area contributed by atoms with E-state index in [1.165, 1.54) is 7.11 Å². The molecule has 1 aromatic carbocycles. The summed E-state index contributed by atoms with van der Waals surface area (Å²) >= 11 is 3.29. The van der Waals surface area contributed by atoms with Gasteiger partial charge in [0, 0.05) is 10.5 Å². The molecule has 0 aliphatic carbocycles. The van der Waals surface area contributed by atoms with Gasteiger partial charge in [-0.1, -0.05) is 5.16 Å². The Morgan fingerprint density at radius 2 is 2.35 bits per heavy atom. The maximum absolute atomic E-state index is 11.5. The zero-order valence-electron chi connectivity index (χ0n) is 9.11. The predicted octanol–water partition coefficient (Wildman–Crippen LogP) is 1.53. The minimum atomic E-state index is -0.380. The molecule has 92 valence electrons. The Bertz CT molecular complexity index is 448. The first-order valence-electron chi connectivity index (χ1n) is 4.66.